The molecule has 0 aliphatic heterocycles. The smallest absolute Gasteiger partial charge is 0.251 e. The Morgan fingerprint density at radius 2 is 2.36 bits per heavy atom. The summed E-state index contributed by atoms with van der Waals surface area (Å²) >= 11 is 3.31. The van der Waals surface area contributed by atoms with Crippen molar-refractivity contribution in [1.29, 1.82) is 0 Å². The van der Waals surface area contributed by atoms with Gasteiger partial charge in [-0.1, -0.05) is 22.0 Å². The number of rotatable bonds is 3. The van der Waals surface area contributed by atoms with E-state index in [1.54, 1.807) is 12.1 Å². The average molecular weight is 257 g/mol. The van der Waals surface area contributed by atoms with Crippen LogP contribution in [0.25, 0.3) is 0 Å². The normalized spacial score (nSPS) is 12.2. The highest BCUT2D eigenvalue weighted by Crippen LogP contribution is 2.11. The third-order valence-corrected chi connectivity index (χ3v) is 2.31. The van der Waals surface area contributed by atoms with Crippen LogP contribution in [-0.4, -0.2) is 18.5 Å². The van der Waals surface area contributed by atoms with Gasteiger partial charge in [-0.05, 0) is 25.1 Å². The molecular weight excluding hydrogens is 244 g/mol. The van der Waals surface area contributed by atoms with Gasteiger partial charge in [0.15, 0.2) is 0 Å². The number of halogens is 1. The van der Waals surface area contributed by atoms with Gasteiger partial charge in [0, 0.05) is 22.6 Å². The summed E-state index contributed by atoms with van der Waals surface area (Å²) in [5.74, 6) is -0.0933. The molecule has 0 unspecified atom stereocenters. The van der Waals surface area contributed by atoms with Gasteiger partial charge in [0.1, 0.15) is 0 Å². The van der Waals surface area contributed by atoms with Gasteiger partial charge in [-0.25, -0.2) is 0 Å². The summed E-state index contributed by atoms with van der Waals surface area (Å²) < 4.78 is 0.894. The molecule has 0 spiro atoms. The molecule has 0 heterocycles. The van der Waals surface area contributed by atoms with Crippen molar-refractivity contribution in [2.24, 2.45) is 5.73 Å². The van der Waals surface area contributed by atoms with Crippen LogP contribution in [0.2, 0.25) is 0 Å². The topological polar surface area (TPSA) is 55.1 Å². The maximum Gasteiger partial charge on any atom is 0.251 e. The van der Waals surface area contributed by atoms with Gasteiger partial charge in [-0.15, -0.1) is 0 Å². The Balaban J connectivity index is 2.70. The summed E-state index contributed by atoms with van der Waals surface area (Å²) in [6.45, 7) is 2.32. The molecule has 0 saturated carbocycles. The predicted molar refractivity (Wildman–Crippen MR) is 60.1 cm³/mol. The number of amides is 1. The lowest BCUT2D eigenvalue weighted by Gasteiger charge is -2.11. The van der Waals surface area contributed by atoms with Crippen LogP contribution in [-0.2, 0) is 0 Å². The number of carbonyl (C=O) groups excluding carboxylic acids is 1. The van der Waals surface area contributed by atoms with E-state index in [-0.39, 0.29) is 11.9 Å². The molecule has 0 fully saturated rings. The fourth-order valence-corrected chi connectivity index (χ4v) is 1.40. The van der Waals surface area contributed by atoms with E-state index in [0.29, 0.717) is 12.1 Å². The molecule has 4 heteroatoms. The van der Waals surface area contributed by atoms with Crippen LogP contribution in [0.1, 0.15) is 17.3 Å². The Morgan fingerprint density at radius 1 is 1.64 bits per heavy atom. The van der Waals surface area contributed by atoms with E-state index in [1.807, 2.05) is 19.1 Å². The maximum absolute atomic E-state index is 11.6. The van der Waals surface area contributed by atoms with E-state index in [2.05, 4.69) is 21.2 Å². The third kappa shape index (κ3) is 3.12. The minimum Gasteiger partial charge on any atom is -0.348 e. The second kappa shape index (κ2) is 5.12. The van der Waals surface area contributed by atoms with Crippen LogP contribution < -0.4 is 11.1 Å². The van der Waals surface area contributed by atoms with Gasteiger partial charge in [0.2, 0.25) is 0 Å². The molecule has 0 radical (unpaired) electrons. The molecule has 3 N–H and O–H groups in total. The van der Waals surface area contributed by atoms with Gasteiger partial charge in [-0.3, -0.25) is 4.79 Å². The van der Waals surface area contributed by atoms with Crippen molar-refractivity contribution >= 4 is 21.8 Å². The predicted octanol–water partition coefficient (Wildman–Crippen LogP) is 1.53. The van der Waals surface area contributed by atoms with E-state index in [4.69, 9.17) is 5.73 Å². The first-order valence-corrected chi connectivity index (χ1v) is 5.19. The Hall–Kier alpha value is -0.870. The molecule has 0 bridgehead atoms. The van der Waals surface area contributed by atoms with Crippen molar-refractivity contribution in [3.8, 4) is 0 Å². The minimum absolute atomic E-state index is 0.00137. The third-order valence-electron chi connectivity index (χ3n) is 1.82. The highest BCUT2D eigenvalue weighted by atomic mass is 79.9. The molecule has 76 valence electrons. The number of nitrogens with two attached hydrogens (primary N) is 1. The second-order valence-electron chi connectivity index (χ2n) is 3.12. The first-order valence-electron chi connectivity index (χ1n) is 4.40. The van der Waals surface area contributed by atoms with Crippen LogP contribution in [0.15, 0.2) is 28.7 Å². The molecule has 0 aliphatic carbocycles. The van der Waals surface area contributed by atoms with Crippen molar-refractivity contribution in [3.63, 3.8) is 0 Å². The number of benzene rings is 1. The fraction of sp³-hybridized carbons (Fsp3) is 0.300. The standard InChI is InChI=1S/C10H13BrN2O/c1-7(6-12)13-10(14)8-3-2-4-9(11)5-8/h2-5,7H,6,12H2,1H3,(H,13,14)/t7-/m0/s1. The van der Waals surface area contributed by atoms with Gasteiger partial charge in [-0.2, -0.15) is 0 Å². The van der Waals surface area contributed by atoms with Crippen LogP contribution in [0.5, 0.6) is 0 Å². The quantitative estimate of drug-likeness (QED) is 0.862. The molecule has 0 aromatic heterocycles. The fourth-order valence-electron chi connectivity index (χ4n) is 0.996. The van der Waals surface area contributed by atoms with Crippen molar-refractivity contribution in [2.75, 3.05) is 6.54 Å². The summed E-state index contributed by atoms with van der Waals surface area (Å²) in [6, 6.07) is 7.25. The molecule has 0 saturated heterocycles. The SMILES string of the molecule is C[C@@H](CN)NC(=O)c1cccc(Br)c1. The number of nitrogens with one attached hydrogen (secondary N) is 1. The zero-order valence-electron chi connectivity index (χ0n) is 7.96. The molecule has 1 rings (SSSR count). The molecule has 14 heavy (non-hydrogen) atoms. The molecule has 0 aliphatic rings. The van der Waals surface area contributed by atoms with E-state index in [0.717, 1.165) is 4.47 Å². The summed E-state index contributed by atoms with van der Waals surface area (Å²) in [5.41, 5.74) is 6.04. The summed E-state index contributed by atoms with van der Waals surface area (Å²) in [5, 5.41) is 2.79. The number of hydrogen-bond donors (Lipinski definition) is 2. The Morgan fingerprint density at radius 3 is 2.93 bits per heavy atom. The van der Waals surface area contributed by atoms with Gasteiger partial charge >= 0.3 is 0 Å². The Labute approximate surface area is 91.8 Å². The average Bonchev–Trinajstić information content (AvgIpc) is 2.17. The first kappa shape index (κ1) is 11.2. The van der Waals surface area contributed by atoms with Crippen LogP contribution in [0.3, 0.4) is 0 Å². The molecule has 1 atom stereocenters. The molecule has 1 aromatic carbocycles. The monoisotopic (exact) mass is 256 g/mol. The van der Waals surface area contributed by atoms with E-state index < -0.39 is 0 Å². The first-order chi connectivity index (χ1) is 6.63. The highest BCUT2D eigenvalue weighted by Gasteiger charge is 2.07. The van der Waals surface area contributed by atoms with Crippen molar-refractivity contribution in [2.45, 2.75) is 13.0 Å². The lowest BCUT2D eigenvalue weighted by Crippen LogP contribution is -2.37. The van der Waals surface area contributed by atoms with Crippen LogP contribution in [0, 0.1) is 0 Å². The highest BCUT2D eigenvalue weighted by molar-refractivity contribution is 9.10. The van der Waals surface area contributed by atoms with Crippen molar-refractivity contribution in [1.82, 2.24) is 5.32 Å². The minimum atomic E-state index is -0.0933. The molecule has 1 amide bonds. The van der Waals surface area contributed by atoms with Gasteiger partial charge in [0.05, 0.1) is 0 Å². The summed E-state index contributed by atoms with van der Waals surface area (Å²) in [7, 11) is 0. The molecule has 3 nitrogen and oxygen atoms in total. The van der Waals surface area contributed by atoms with Crippen LogP contribution in [0.4, 0.5) is 0 Å². The van der Waals surface area contributed by atoms with Crippen molar-refractivity contribution in [3.05, 3.63) is 34.3 Å². The van der Waals surface area contributed by atoms with Gasteiger partial charge in [0.25, 0.3) is 5.91 Å². The van der Waals surface area contributed by atoms with E-state index in [9.17, 15) is 4.79 Å². The molecule has 1 aromatic rings. The van der Waals surface area contributed by atoms with Crippen molar-refractivity contribution < 1.29 is 4.79 Å². The van der Waals surface area contributed by atoms with E-state index >= 15 is 0 Å². The zero-order chi connectivity index (χ0) is 10.6. The van der Waals surface area contributed by atoms with E-state index in [1.165, 1.54) is 0 Å². The Kier molecular flexibility index (Phi) is 4.10. The number of carbonyl (C=O) groups is 1. The zero-order valence-corrected chi connectivity index (χ0v) is 9.54. The lowest BCUT2D eigenvalue weighted by atomic mass is 10.2. The second-order valence-corrected chi connectivity index (χ2v) is 4.04. The number of hydrogen-bond acceptors (Lipinski definition) is 2. The lowest BCUT2D eigenvalue weighted by molar-refractivity contribution is 0.0941. The summed E-state index contributed by atoms with van der Waals surface area (Å²) in [4.78, 5) is 11.6. The molecular formula is C10H13BrN2O. The largest absolute Gasteiger partial charge is 0.348 e. The van der Waals surface area contributed by atoms with Gasteiger partial charge < -0.3 is 11.1 Å². The summed E-state index contributed by atoms with van der Waals surface area (Å²) in [6.07, 6.45) is 0. The maximum atomic E-state index is 11.6. The Bertz CT molecular complexity index is 328. The van der Waals surface area contributed by atoms with Crippen LogP contribution >= 0.6 is 15.9 Å².